The molecule has 0 bridgehead atoms. The highest BCUT2D eigenvalue weighted by molar-refractivity contribution is 5.99. The quantitative estimate of drug-likeness (QED) is 0.457. The van der Waals surface area contributed by atoms with E-state index in [1.807, 2.05) is 60.7 Å². The van der Waals surface area contributed by atoms with Gasteiger partial charge in [-0.3, -0.25) is 14.4 Å². The van der Waals surface area contributed by atoms with E-state index in [4.69, 9.17) is 10.8 Å². The van der Waals surface area contributed by atoms with Crippen molar-refractivity contribution in [1.82, 2.24) is 5.32 Å². The fourth-order valence-electron chi connectivity index (χ4n) is 3.70. The molecule has 6 heteroatoms. The van der Waals surface area contributed by atoms with Gasteiger partial charge in [0.1, 0.15) is 0 Å². The van der Waals surface area contributed by atoms with E-state index in [0.717, 1.165) is 11.1 Å². The van der Waals surface area contributed by atoms with Crippen molar-refractivity contribution in [3.8, 4) is 0 Å². The summed E-state index contributed by atoms with van der Waals surface area (Å²) < 4.78 is 0. The van der Waals surface area contributed by atoms with Gasteiger partial charge in [0.15, 0.2) is 5.78 Å². The average molecular weight is 431 g/mol. The molecule has 0 aromatic heterocycles. The Kier molecular flexibility index (Phi) is 7.89. The summed E-state index contributed by atoms with van der Waals surface area (Å²) in [6, 6.07) is 25.8. The van der Waals surface area contributed by atoms with Crippen LogP contribution in [0.3, 0.4) is 0 Å². The zero-order valence-electron chi connectivity index (χ0n) is 17.6. The van der Waals surface area contributed by atoms with Crippen molar-refractivity contribution in [2.45, 2.75) is 30.8 Å². The van der Waals surface area contributed by atoms with Crippen LogP contribution >= 0.6 is 0 Å². The summed E-state index contributed by atoms with van der Waals surface area (Å²) in [4.78, 5) is 37.1. The van der Waals surface area contributed by atoms with Crippen LogP contribution in [-0.4, -0.2) is 34.8 Å². The fraction of sp³-hybridized carbons (Fsp3) is 0.192. The second kappa shape index (κ2) is 11.0. The van der Waals surface area contributed by atoms with Crippen molar-refractivity contribution >= 4 is 17.7 Å². The largest absolute Gasteiger partial charge is 0.481 e. The van der Waals surface area contributed by atoms with Gasteiger partial charge >= 0.3 is 5.97 Å². The number of nitrogens with one attached hydrogen (secondary N) is 1. The molecule has 0 aliphatic rings. The Morgan fingerprint density at radius 2 is 1.25 bits per heavy atom. The van der Waals surface area contributed by atoms with Crippen LogP contribution in [-0.2, 0) is 9.59 Å². The Labute approximate surface area is 187 Å². The third-order valence-electron chi connectivity index (χ3n) is 5.32. The van der Waals surface area contributed by atoms with Crippen LogP contribution in [0.5, 0.6) is 0 Å². The van der Waals surface area contributed by atoms with Gasteiger partial charge in [-0.15, -0.1) is 0 Å². The Morgan fingerprint density at radius 1 is 0.781 bits per heavy atom. The summed E-state index contributed by atoms with van der Waals surface area (Å²) >= 11 is 0. The maximum Gasteiger partial charge on any atom is 0.305 e. The molecule has 3 aromatic rings. The highest BCUT2D eigenvalue weighted by Gasteiger charge is 2.31. The number of hydrogen-bond acceptors (Lipinski definition) is 4. The molecular formula is C26H26N2O4. The number of carbonyl (C=O) groups excluding carboxylic acids is 2. The normalized spacial score (nSPS) is 12.7. The van der Waals surface area contributed by atoms with Gasteiger partial charge in [0.25, 0.3) is 5.91 Å². The zero-order chi connectivity index (χ0) is 22.9. The number of amides is 1. The number of ketones is 1. The van der Waals surface area contributed by atoms with E-state index in [1.165, 1.54) is 0 Å². The van der Waals surface area contributed by atoms with Gasteiger partial charge in [-0.1, -0.05) is 78.9 Å². The lowest BCUT2D eigenvalue weighted by Crippen LogP contribution is -2.49. The van der Waals surface area contributed by atoms with Crippen molar-refractivity contribution in [3.63, 3.8) is 0 Å². The molecule has 164 valence electrons. The maximum atomic E-state index is 13.1. The molecule has 0 radical (unpaired) electrons. The van der Waals surface area contributed by atoms with E-state index in [1.54, 1.807) is 30.3 Å². The van der Waals surface area contributed by atoms with E-state index in [9.17, 15) is 14.4 Å². The third-order valence-corrected chi connectivity index (χ3v) is 5.32. The Balaban J connectivity index is 1.93. The van der Waals surface area contributed by atoms with E-state index < -0.39 is 36.2 Å². The summed E-state index contributed by atoms with van der Waals surface area (Å²) in [6.45, 7) is 0. The van der Waals surface area contributed by atoms with Crippen LogP contribution < -0.4 is 11.1 Å². The van der Waals surface area contributed by atoms with Gasteiger partial charge in [-0.05, 0) is 29.7 Å². The standard InChI is InChI=1S/C26H26N2O4/c27-22(17-24(29)30)25(31)23(28-26(32)20-14-8-3-9-15-20)16-21(18-10-4-1-5-11-18)19-12-6-2-7-13-19/h1-15,21-23H,16-17,27H2,(H,28,32)(H,29,30)/t22-,23?/m0/s1. The second-order valence-corrected chi connectivity index (χ2v) is 7.61. The van der Waals surface area contributed by atoms with Crippen LogP contribution in [0.2, 0.25) is 0 Å². The molecule has 0 aliphatic heterocycles. The summed E-state index contributed by atoms with van der Waals surface area (Å²) in [5, 5.41) is 11.9. The molecule has 1 unspecified atom stereocenters. The minimum atomic E-state index is -1.22. The first-order valence-electron chi connectivity index (χ1n) is 10.4. The van der Waals surface area contributed by atoms with Crippen molar-refractivity contribution in [2.24, 2.45) is 5.73 Å². The summed E-state index contributed by atoms with van der Waals surface area (Å²) in [5.41, 5.74) is 8.28. The molecule has 0 fully saturated rings. The maximum absolute atomic E-state index is 13.1. The number of carbonyl (C=O) groups is 3. The Bertz CT molecular complexity index is 1000. The van der Waals surface area contributed by atoms with Crippen molar-refractivity contribution in [1.29, 1.82) is 0 Å². The number of nitrogens with two attached hydrogens (primary N) is 1. The monoisotopic (exact) mass is 430 g/mol. The summed E-state index contributed by atoms with van der Waals surface area (Å²) in [6.07, 6.45) is -0.253. The number of carboxylic acid groups (broad SMARTS) is 1. The Hall–Kier alpha value is -3.77. The van der Waals surface area contributed by atoms with E-state index >= 15 is 0 Å². The fourth-order valence-corrected chi connectivity index (χ4v) is 3.70. The lowest BCUT2D eigenvalue weighted by molar-refractivity contribution is -0.139. The molecule has 2 atom stereocenters. The predicted molar refractivity (Wildman–Crippen MR) is 122 cm³/mol. The molecule has 3 aromatic carbocycles. The van der Waals surface area contributed by atoms with Crippen molar-refractivity contribution in [3.05, 3.63) is 108 Å². The molecule has 0 saturated heterocycles. The van der Waals surface area contributed by atoms with Gasteiger partial charge in [-0.25, -0.2) is 0 Å². The van der Waals surface area contributed by atoms with E-state index in [0.29, 0.717) is 5.56 Å². The number of Topliss-reactive ketones (excluding diaryl/α,β-unsaturated/α-hetero) is 1. The minimum Gasteiger partial charge on any atom is -0.481 e. The lowest BCUT2D eigenvalue weighted by Gasteiger charge is -2.26. The Morgan fingerprint density at radius 3 is 1.72 bits per heavy atom. The zero-order valence-corrected chi connectivity index (χ0v) is 17.6. The molecular weight excluding hydrogens is 404 g/mol. The lowest BCUT2D eigenvalue weighted by atomic mass is 9.83. The molecule has 1 amide bonds. The highest BCUT2D eigenvalue weighted by Crippen LogP contribution is 2.29. The molecule has 6 nitrogen and oxygen atoms in total. The van der Waals surface area contributed by atoms with E-state index in [2.05, 4.69) is 5.32 Å². The van der Waals surface area contributed by atoms with Crippen molar-refractivity contribution in [2.75, 3.05) is 0 Å². The third kappa shape index (κ3) is 6.12. The van der Waals surface area contributed by atoms with Crippen molar-refractivity contribution < 1.29 is 19.5 Å². The van der Waals surface area contributed by atoms with Crippen LogP contribution in [0, 0.1) is 0 Å². The number of benzene rings is 3. The van der Waals surface area contributed by atoms with Crippen LogP contribution in [0.25, 0.3) is 0 Å². The number of hydrogen-bond donors (Lipinski definition) is 3. The molecule has 0 aliphatic carbocycles. The predicted octanol–water partition coefficient (Wildman–Crippen LogP) is 3.38. The second-order valence-electron chi connectivity index (χ2n) is 7.61. The smallest absolute Gasteiger partial charge is 0.305 e. The first-order valence-corrected chi connectivity index (χ1v) is 10.4. The summed E-state index contributed by atoms with van der Waals surface area (Å²) in [7, 11) is 0. The van der Waals surface area contributed by atoms with Crippen LogP contribution in [0.4, 0.5) is 0 Å². The highest BCUT2D eigenvalue weighted by atomic mass is 16.4. The molecule has 4 N–H and O–H groups in total. The summed E-state index contributed by atoms with van der Waals surface area (Å²) in [5.74, 6) is -2.28. The van der Waals surface area contributed by atoms with Crippen LogP contribution in [0.1, 0.15) is 40.2 Å². The average Bonchev–Trinajstić information content (AvgIpc) is 2.82. The SMILES string of the molecule is N[C@@H](CC(=O)O)C(=O)C(CC(c1ccccc1)c1ccccc1)NC(=O)c1ccccc1. The van der Waals surface area contributed by atoms with Crippen LogP contribution in [0.15, 0.2) is 91.0 Å². The first-order chi connectivity index (χ1) is 15.5. The molecule has 0 saturated carbocycles. The van der Waals surface area contributed by atoms with Gasteiger partial charge in [0.05, 0.1) is 18.5 Å². The number of aliphatic carboxylic acids is 1. The van der Waals surface area contributed by atoms with Gasteiger partial charge in [-0.2, -0.15) is 0 Å². The first kappa shape index (κ1) is 22.9. The molecule has 32 heavy (non-hydrogen) atoms. The number of rotatable bonds is 10. The topological polar surface area (TPSA) is 109 Å². The van der Waals surface area contributed by atoms with Gasteiger partial charge in [0.2, 0.25) is 0 Å². The van der Waals surface area contributed by atoms with Gasteiger partial charge in [0, 0.05) is 11.5 Å². The van der Waals surface area contributed by atoms with Gasteiger partial charge < -0.3 is 16.2 Å². The number of carboxylic acids is 1. The molecule has 3 rings (SSSR count). The molecule has 0 spiro atoms. The minimum absolute atomic E-state index is 0.195. The molecule has 0 heterocycles. The van der Waals surface area contributed by atoms with E-state index in [-0.39, 0.29) is 12.3 Å².